The molecule has 3 rings (SSSR count). The van der Waals surface area contributed by atoms with Gasteiger partial charge in [-0.3, -0.25) is 4.79 Å². The van der Waals surface area contributed by atoms with E-state index in [1.165, 1.54) is 11.1 Å². The lowest BCUT2D eigenvalue weighted by Gasteiger charge is -2.10. The van der Waals surface area contributed by atoms with Gasteiger partial charge < -0.3 is 14.9 Å². The third kappa shape index (κ3) is 3.52. The number of esters is 1. The third-order valence-corrected chi connectivity index (χ3v) is 4.17. The van der Waals surface area contributed by atoms with Crippen LogP contribution in [0.5, 0.6) is 0 Å². The maximum atomic E-state index is 12.3. The summed E-state index contributed by atoms with van der Waals surface area (Å²) in [6, 6.07) is 8.14. The van der Waals surface area contributed by atoms with Crippen molar-refractivity contribution in [2.75, 3.05) is 13.2 Å². The van der Waals surface area contributed by atoms with Crippen LogP contribution >= 0.6 is 0 Å². The van der Waals surface area contributed by atoms with Crippen LogP contribution < -0.4 is 5.32 Å². The molecular weight excluding hydrogens is 296 g/mol. The third-order valence-electron chi connectivity index (χ3n) is 4.17. The van der Waals surface area contributed by atoms with Crippen LogP contribution in [0.4, 0.5) is 0 Å². The normalized spacial score (nSPS) is 19.7. The van der Waals surface area contributed by atoms with Gasteiger partial charge in [0.2, 0.25) is 12.0 Å². The Morgan fingerprint density at radius 1 is 1.26 bits per heavy atom. The summed E-state index contributed by atoms with van der Waals surface area (Å²) in [7, 11) is 0. The van der Waals surface area contributed by atoms with Crippen LogP contribution in [0.3, 0.4) is 0 Å². The van der Waals surface area contributed by atoms with E-state index in [0.29, 0.717) is 25.3 Å². The number of fused-ring (bicyclic) bond motifs is 1. The second kappa shape index (κ2) is 6.81. The van der Waals surface area contributed by atoms with Crippen molar-refractivity contribution >= 4 is 17.6 Å². The van der Waals surface area contributed by atoms with Crippen LogP contribution in [0.1, 0.15) is 24.5 Å². The van der Waals surface area contributed by atoms with E-state index in [4.69, 9.17) is 9.57 Å². The Bertz CT molecular complexity index is 616. The Balaban J connectivity index is 1.45. The molecule has 0 saturated carbocycles. The second-order valence-electron chi connectivity index (χ2n) is 5.80. The van der Waals surface area contributed by atoms with Crippen molar-refractivity contribution in [3.63, 3.8) is 0 Å². The number of oxime groups is 1. The van der Waals surface area contributed by atoms with Gasteiger partial charge in [-0.25, -0.2) is 4.79 Å². The average Bonchev–Trinajstić information content (AvgIpc) is 3.19. The van der Waals surface area contributed by atoms with Gasteiger partial charge in [0.25, 0.3) is 0 Å². The molecule has 1 aliphatic heterocycles. The van der Waals surface area contributed by atoms with Crippen LogP contribution in [0.15, 0.2) is 29.4 Å². The van der Waals surface area contributed by atoms with Crippen LogP contribution in [0, 0.1) is 5.92 Å². The molecular formula is C17H20N2O4. The first-order valence-corrected chi connectivity index (χ1v) is 7.90. The van der Waals surface area contributed by atoms with Crippen LogP contribution in [0.2, 0.25) is 0 Å². The minimum Gasteiger partial charge on any atom is -0.463 e. The molecule has 1 N–H and O–H groups in total. The minimum absolute atomic E-state index is 0.0171. The molecule has 0 radical (unpaired) electrons. The van der Waals surface area contributed by atoms with Crippen molar-refractivity contribution in [2.24, 2.45) is 11.1 Å². The number of benzene rings is 1. The van der Waals surface area contributed by atoms with Crippen molar-refractivity contribution in [2.45, 2.75) is 32.3 Å². The molecule has 1 amide bonds. The summed E-state index contributed by atoms with van der Waals surface area (Å²) < 4.78 is 4.89. The van der Waals surface area contributed by atoms with Gasteiger partial charge in [0.15, 0.2) is 0 Å². The van der Waals surface area contributed by atoms with Crippen molar-refractivity contribution in [3.05, 3.63) is 35.4 Å². The predicted molar refractivity (Wildman–Crippen MR) is 83.9 cm³/mol. The summed E-state index contributed by atoms with van der Waals surface area (Å²) in [5.74, 6) is -0.427. The molecule has 0 bridgehead atoms. The lowest BCUT2D eigenvalue weighted by Crippen LogP contribution is -2.35. The first-order chi connectivity index (χ1) is 11.2. The van der Waals surface area contributed by atoms with E-state index in [2.05, 4.69) is 22.6 Å². The number of hydrogen-bond donors (Lipinski definition) is 1. The lowest BCUT2D eigenvalue weighted by atomic mass is 10.1. The van der Waals surface area contributed by atoms with E-state index in [0.717, 1.165) is 12.8 Å². The molecule has 0 spiro atoms. The van der Waals surface area contributed by atoms with Gasteiger partial charge in [0.05, 0.1) is 18.9 Å². The van der Waals surface area contributed by atoms with Crippen molar-refractivity contribution in [1.29, 1.82) is 0 Å². The SMILES string of the molecule is CCOC(=O)C1CC(CNC(=O)C2Cc3ccccc3C2)=NO1. The quantitative estimate of drug-likeness (QED) is 0.829. The monoisotopic (exact) mass is 316 g/mol. The van der Waals surface area contributed by atoms with Gasteiger partial charge in [0, 0.05) is 12.3 Å². The summed E-state index contributed by atoms with van der Waals surface area (Å²) in [4.78, 5) is 28.9. The van der Waals surface area contributed by atoms with Crippen LogP contribution in [0.25, 0.3) is 0 Å². The van der Waals surface area contributed by atoms with E-state index >= 15 is 0 Å². The van der Waals surface area contributed by atoms with E-state index in [-0.39, 0.29) is 11.8 Å². The highest BCUT2D eigenvalue weighted by molar-refractivity contribution is 5.94. The molecule has 122 valence electrons. The summed E-state index contributed by atoms with van der Waals surface area (Å²) in [6.45, 7) is 2.36. The number of hydrogen-bond acceptors (Lipinski definition) is 5. The summed E-state index contributed by atoms with van der Waals surface area (Å²) >= 11 is 0. The summed E-state index contributed by atoms with van der Waals surface area (Å²) in [6.07, 6.45) is 1.23. The zero-order valence-electron chi connectivity index (χ0n) is 13.1. The number of nitrogens with one attached hydrogen (secondary N) is 1. The molecule has 0 saturated heterocycles. The number of carbonyl (C=O) groups is 2. The smallest absolute Gasteiger partial charge is 0.350 e. The van der Waals surface area contributed by atoms with Crippen molar-refractivity contribution < 1.29 is 19.2 Å². The minimum atomic E-state index is -0.683. The molecule has 23 heavy (non-hydrogen) atoms. The average molecular weight is 316 g/mol. The molecule has 0 aromatic heterocycles. The molecule has 1 aromatic rings. The number of carbonyl (C=O) groups excluding carboxylic acids is 2. The van der Waals surface area contributed by atoms with Gasteiger partial charge >= 0.3 is 5.97 Å². The highest BCUT2D eigenvalue weighted by Gasteiger charge is 2.31. The maximum Gasteiger partial charge on any atom is 0.350 e. The van der Waals surface area contributed by atoms with Gasteiger partial charge in [-0.05, 0) is 30.9 Å². The van der Waals surface area contributed by atoms with Crippen LogP contribution in [-0.2, 0) is 32.0 Å². The molecule has 1 aromatic carbocycles. The maximum absolute atomic E-state index is 12.3. The molecule has 1 aliphatic carbocycles. The number of nitrogens with zero attached hydrogens (tertiary/aromatic N) is 1. The molecule has 6 heteroatoms. The first-order valence-electron chi connectivity index (χ1n) is 7.90. The summed E-state index contributed by atoms with van der Waals surface area (Å²) in [5, 5.41) is 6.75. The molecule has 1 atom stereocenters. The second-order valence-corrected chi connectivity index (χ2v) is 5.80. The first kappa shape index (κ1) is 15.5. The van der Waals surface area contributed by atoms with Gasteiger partial charge in [-0.2, -0.15) is 0 Å². The Kier molecular flexibility index (Phi) is 4.60. The van der Waals surface area contributed by atoms with Gasteiger partial charge in [0.1, 0.15) is 0 Å². The molecule has 1 heterocycles. The Hall–Kier alpha value is -2.37. The van der Waals surface area contributed by atoms with Gasteiger partial charge in [-0.15, -0.1) is 0 Å². The zero-order valence-corrected chi connectivity index (χ0v) is 13.1. The number of ether oxygens (including phenoxy) is 1. The standard InChI is InChI=1S/C17H20N2O4/c1-2-22-17(21)15-9-14(19-23-15)10-18-16(20)13-7-11-5-3-4-6-12(11)8-13/h3-6,13,15H,2,7-10H2,1H3,(H,18,20). The fourth-order valence-electron chi connectivity index (χ4n) is 2.97. The molecule has 2 aliphatic rings. The highest BCUT2D eigenvalue weighted by Crippen LogP contribution is 2.26. The fraction of sp³-hybridized carbons (Fsp3) is 0.471. The Morgan fingerprint density at radius 2 is 1.96 bits per heavy atom. The Labute approximate surface area is 134 Å². The van der Waals surface area contributed by atoms with E-state index in [1.54, 1.807) is 6.92 Å². The lowest BCUT2D eigenvalue weighted by molar-refractivity contribution is -0.154. The topological polar surface area (TPSA) is 77.0 Å². The number of amides is 1. The van der Waals surface area contributed by atoms with Crippen molar-refractivity contribution in [3.8, 4) is 0 Å². The largest absolute Gasteiger partial charge is 0.463 e. The summed E-state index contributed by atoms with van der Waals surface area (Å²) in [5.41, 5.74) is 3.15. The molecule has 6 nitrogen and oxygen atoms in total. The highest BCUT2D eigenvalue weighted by atomic mass is 16.7. The van der Waals surface area contributed by atoms with Crippen LogP contribution in [-0.4, -0.2) is 36.8 Å². The zero-order chi connectivity index (χ0) is 16.2. The number of rotatable bonds is 5. The van der Waals surface area contributed by atoms with E-state index in [1.807, 2.05) is 12.1 Å². The van der Waals surface area contributed by atoms with Gasteiger partial charge in [-0.1, -0.05) is 29.4 Å². The molecule has 1 unspecified atom stereocenters. The van der Waals surface area contributed by atoms with E-state index < -0.39 is 12.1 Å². The Morgan fingerprint density at radius 3 is 2.61 bits per heavy atom. The van der Waals surface area contributed by atoms with Crippen molar-refractivity contribution in [1.82, 2.24) is 5.32 Å². The predicted octanol–water partition coefficient (Wildman–Crippen LogP) is 1.23. The van der Waals surface area contributed by atoms with E-state index in [9.17, 15) is 9.59 Å². The fourth-order valence-corrected chi connectivity index (χ4v) is 2.97. The molecule has 0 fully saturated rings.